The number of H-pyrrole nitrogens is 1. The van der Waals surface area contributed by atoms with Crippen LogP contribution < -0.4 is 10.5 Å². The summed E-state index contributed by atoms with van der Waals surface area (Å²) in [7, 11) is -3.76. The number of halogens is 3. The van der Waals surface area contributed by atoms with Crippen LogP contribution in [0.3, 0.4) is 0 Å². The normalized spacial score (nSPS) is 12.6. The largest absolute Gasteiger partial charge is 0.573 e. The molecule has 3 rings (SSSR count). The van der Waals surface area contributed by atoms with E-state index in [1.807, 2.05) is 44.2 Å². The van der Waals surface area contributed by atoms with Crippen LogP contribution in [-0.2, 0) is 16.5 Å². The standard InChI is InChI=1S/C18H17F3N4O.C7H17NO3S/c19-18(20,21)26-14-9-7-13(8-10-14)16-23-17(25-24-16)15(22)11-6-12-4-2-1-3-5-12;1-3-8(4-2)6-5-7-12(9,10)11/h1-5,7-10,15H,6,11,22H2,(H,23,24,25);3-7H2,1-2H3,(H,9,10,11)/t15-;/m1./s1. The van der Waals surface area contributed by atoms with E-state index >= 15 is 0 Å². The lowest BCUT2D eigenvalue weighted by Gasteiger charge is -2.16. The predicted molar refractivity (Wildman–Crippen MR) is 139 cm³/mol. The maximum Gasteiger partial charge on any atom is 0.573 e. The molecule has 0 saturated carbocycles. The number of hydrogen-bond donors (Lipinski definition) is 3. The fourth-order valence-corrected chi connectivity index (χ4v) is 3.98. The molecule has 0 aliphatic heterocycles. The third-order valence-electron chi connectivity index (χ3n) is 5.56. The summed E-state index contributed by atoms with van der Waals surface area (Å²) in [5.41, 5.74) is 7.90. The molecule has 0 saturated heterocycles. The molecule has 2 aromatic carbocycles. The molecular formula is C25H34F3N5O4S. The van der Waals surface area contributed by atoms with Crippen LogP contribution in [0, 0.1) is 0 Å². The Bertz CT molecular complexity index is 1190. The zero-order chi connectivity index (χ0) is 28.2. The number of ether oxygens (including phenoxy) is 1. The van der Waals surface area contributed by atoms with Crippen molar-refractivity contribution in [2.45, 2.75) is 45.5 Å². The Kier molecular flexibility index (Phi) is 12.2. The fourth-order valence-electron chi connectivity index (χ4n) is 3.49. The second kappa shape index (κ2) is 14.8. The van der Waals surface area contributed by atoms with E-state index in [9.17, 15) is 21.6 Å². The van der Waals surface area contributed by atoms with Gasteiger partial charge in [0.2, 0.25) is 0 Å². The third-order valence-corrected chi connectivity index (χ3v) is 6.36. The molecule has 13 heteroatoms. The molecule has 9 nitrogen and oxygen atoms in total. The summed E-state index contributed by atoms with van der Waals surface area (Å²) in [6.45, 7) is 6.62. The molecule has 0 spiro atoms. The predicted octanol–water partition coefficient (Wildman–Crippen LogP) is 4.61. The van der Waals surface area contributed by atoms with Crippen molar-refractivity contribution in [2.75, 3.05) is 25.4 Å². The van der Waals surface area contributed by atoms with Crippen molar-refractivity contribution in [2.24, 2.45) is 5.73 Å². The first kappa shape index (κ1) is 31.2. The zero-order valence-corrected chi connectivity index (χ0v) is 22.2. The van der Waals surface area contributed by atoms with Crippen molar-refractivity contribution in [1.29, 1.82) is 0 Å². The van der Waals surface area contributed by atoms with Crippen molar-refractivity contribution < 1.29 is 30.9 Å². The minimum Gasteiger partial charge on any atom is -0.406 e. The summed E-state index contributed by atoms with van der Waals surface area (Å²) in [6.07, 6.45) is -2.72. The molecular weight excluding hydrogens is 523 g/mol. The van der Waals surface area contributed by atoms with Gasteiger partial charge in [-0.2, -0.15) is 13.5 Å². The lowest BCUT2D eigenvalue weighted by Crippen LogP contribution is -2.25. The van der Waals surface area contributed by atoms with Crippen molar-refractivity contribution in [3.8, 4) is 17.1 Å². The van der Waals surface area contributed by atoms with E-state index in [4.69, 9.17) is 10.3 Å². The van der Waals surface area contributed by atoms with E-state index in [1.165, 1.54) is 29.8 Å². The molecule has 0 radical (unpaired) electrons. The van der Waals surface area contributed by atoms with Crippen LogP contribution in [0.1, 0.15) is 44.1 Å². The molecule has 0 amide bonds. The fraction of sp³-hybridized carbons (Fsp3) is 0.440. The molecule has 1 heterocycles. The highest BCUT2D eigenvalue weighted by molar-refractivity contribution is 7.85. The molecule has 0 bridgehead atoms. The van der Waals surface area contributed by atoms with Crippen molar-refractivity contribution in [3.05, 3.63) is 66.0 Å². The Balaban J connectivity index is 0.000000358. The molecule has 38 heavy (non-hydrogen) atoms. The quantitative estimate of drug-likeness (QED) is 0.275. The van der Waals surface area contributed by atoms with Crippen LogP contribution in [0.15, 0.2) is 54.6 Å². The number of rotatable bonds is 12. The number of aromatic nitrogens is 3. The van der Waals surface area contributed by atoms with Gasteiger partial charge in [0, 0.05) is 5.56 Å². The second-order valence-corrected chi connectivity index (χ2v) is 9.99. The Morgan fingerprint density at radius 1 is 1.08 bits per heavy atom. The number of aryl methyl sites for hydroxylation is 1. The number of aromatic amines is 1. The highest BCUT2D eigenvalue weighted by Gasteiger charge is 2.31. The van der Waals surface area contributed by atoms with Crippen molar-refractivity contribution in [1.82, 2.24) is 20.1 Å². The minimum atomic E-state index is -4.72. The van der Waals surface area contributed by atoms with Gasteiger partial charge < -0.3 is 15.4 Å². The molecule has 4 N–H and O–H groups in total. The Morgan fingerprint density at radius 3 is 2.26 bits per heavy atom. The van der Waals surface area contributed by atoms with E-state index in [-0.39, 0.29) is 17.5 Å². The van der Waals surface area contributed by atoms with Gasteiger partial charge in [0.15, 0.2) is 5.82 Å². The van der Waals surface area contributed by atoms with Gasteiger partial charge in [0.25, 0.3) is 10.1 Å². The second-order valence-electron chi connectivity index (χ2n) is 8.41. The Hall–Kier alpha value is -3.00. The highest BCUT2D eigenvalue weighted by atomic mass is 32.2. The third kappa shape index (κ3) is 12.0. The maximum absolute atomic E-state index is 12.2. The molecule has 0 aliphatic rings. The summed E-state index contributed by atoms with van der Waals surface area (Å²) in [5, 5.41) is 6.88. The van der Waals surface area contributed by atoms with Gasteiger partial charge in [-0.25, -0.2) is 4.98 Å². The average molecular weight is 558 g/mol. The van der Waals surface area contributed by atoms with Gasteiger partial charge in [0.05, 0.1) is 11.8 Å². The number of nitrogens with two attached hydrogens (primary N) is 1. The van der Waals surface area contributed by atoms with Gasteiger partial charge >= 0.3 is 6.36 Å². The minimum absolute atomic E-state index is 0.135. The topological polar surface area (TPSA) is 134 Å². The van der Waals surface area contributed by atoms with Gasteiger partial charge in [-0.3, -0.25) is 9.65 Å². The summed E-state index contributed by atoms with van der Waals surface area (Å²) in [5.74, 6) is 0.473. The number of alkyl halides is 3. The molecule has 0 unspecified atom stereocenters. The highest BCUT2D eigenvalue weighted by Crippen LogP contribution is 2.25. The molecule has 210 valence electrons. The first-order valence-electron chi connectivity index (χ1n) is 12.2. The molecule has 1 aromatic heterocycles. The summed E-state index contributed by atoms with van der Waals surface area (Å²) in [6, 6.07) is 15.0. The first-order chi connectivity index (χ1) is 17.9. The van der Waals surface area contributed by atoms with Crippen LogP contribution in [0.2, 0.25) is 0 Å². The van der Waals surface area contributed by atoms with Gasteiger partial charge in [0.1, 0.15) is 11.6 Å². The van der Waals surface area contributed by atoms with Crippen LogP contribution >= 0.6 is 0 Å². The smallest absolute Gasteiger partial charge is 0.406 e. The van der Waals surface area contributed by atoms with Crippen LogP contribution in [-0.4, -0.2) is 64.8 Å². The number of benzene rings is 2. The van der Waals surface area contributed by atoms with Gasteiger partial charge in [-0.05, 0) is 68.7 Å². The van der Waals surface area contributed by atoms with E-state index < -0.39 is 16.5 Å². The van der Waals surface area contributed by atoms with E-state index in [1.54, 1.807) is 0 Å². The molecule has 0 aliphatic carbocycles. The molecule has 1 atom stereocenters. The Labute approximate surface area is 221 Å². The monoisotopic (exact) mass is 557 g/mol. The van der Waals surface area contributed by atoms with E-state index in [0.717, 1.165) is 26.1 Å². The first-order valence-corrected chi connectivity index (χ1v) is 13.8. The SMILES string of the molecule is CCN(CC)CCCS(=O)(=O)O.N[C@H](CCc1ccccc1)c1nc(-c2ccc(OC(F)(F)F)cc2)n[nH]1. The van der Waals surface area contributed by atoms with Gasteiger partial charge in [-0.1, -0.05) is 44.2 Å². The summed E-state index contributed by atoms with van der Waals surface area (Å²) >= 11 is 0. The lowest BCUT2D eigenvalue weighted by atomic mass is 10.1. The maximum atomic E-state index is 12.2. The number of nitrogens with one attached hydrogen (secondary N) is 1. The number of hydrogen-bond acceptors (Lipinski definition) is 7. The average Bonchev–Trinajstić information content (AvgIpc) is 3.36. The van der Waals surface area contributed by atoms with Crippen LogP contribution in [0.5, 0.6) is 5.75 Å². The number of nitrogens with zero attached hydrogens (tertiary/aromatic N) is 3. The van der Waals surface area contributed by atoms with E-state index in [2.05, 4.69) is 24.8 Å². The summed E-state index contributed by atoms with van der Waals surface area (Å²) in [4.78, 5) is 6.46. The zero-order valence-electron chi connectivity index (χ0n) is 21.4. The summed E-state index contributed by atoms with van der Waals surface area (Å²) < 4.78 is 69.5. The van der Waals surface area contributed by atoms with Gasteiger partial charge in [-0.15, -0.1) is 13.2 Å². The lowest BCUT2D eigenvalue weighted by molar-refractivity contribution is -0.274. The molecule has 0 fully saturated rings. The van der Waals surface area contributed by atoms with Crippen LogP contribution in [0.4, 0.5) is 13.2 Å². The Morgan fingerprint density at radius 2 is 1.71 bits per heavy atom. The van der Waals surface area contributed by atoms with Crippen LogP contribution in [0.25, 0.3) is 11.4 Å². The van der Waals surface area contributed by atoms with E-state index in [0.29, 0.717) is 30.1 Å². The molecule has 3 aromatic rings. The van der Waals surface area contributed by atoms with Crippen molar-refractivity contribution >= 4 is 10.1 Å². The van der Waals surface area contributed by atoms with Crippen molar-refractivity contribution in [3.63, 3.8) is 0 Å².